The smallest absolute Gasteiger partial charge is 0.191 e. The Morgan fingerprint density at radius 2 is 1.59 bits per heavy atom. The monoisotopic (exact) mass is 278 g/mol. The first-order valence-electron chi connectivity index (χ1n) is 5.11. The van der Waals surface area contributed by atoms with Crippen LogP contribution in [-0.4, -0.2) is 12.5 Å². The normalized spacial score (nSPS) is 8.76. The van der Waals surface area contributed by atoms with Crippen LogP contribution in [0.15, 0.2) is 29.3 Å². The third kappa shape index (κ3) is 7.85. The Labute approximate surface area is 114 Å². The number of hydrogen-bond donors (Lipinski definition) is 3. The van der Waals surface area contributed by atoms with E-state index in [0.29, 0.717) is 0 Å². The van der Waals surface area contributed by atoms with Crippen molar-refractivity contribution in [3.63, 3.8) is 0 Å². The number of unbranched alkanes of at least 4 members (excludes halogenated alkanes) is 1. The minimum absolute atomic E-state index is 0. The van der Waals surface area contributed by atoms with Gasteiger partial charge in [-0.2, -0.15) is 0 Å². The van der Waals surface area contributed by atoms with Crippen molar-refractivity contribution in [1.82, 2.24) is 0 Å². The third-order valence-electron chi connectivity index (χ3n) is 2.11. The van der Waals surface area contributed by atoms with Crippen LogP contribution in [-0.2, 0) is 6.42 Å². The zero-order valence-corrected chi connectivity index (χ0v) is 11.3. The van der Waals surface area contributed by atoms with Gasteiger partial charge in [-0.15, -0.1) is 24.8 Å². The van der Waals surface area contributed by atoms with Crippen LogP contribution in [0.5, 0.6) is 0 Å². The average molecular weight is 279 g/mol. The van der Waals surface area contributed by atoms with Gasteiger partial charge in [0, 0.05) is 0 Å². The molecule has 98 valence electrons. The van der Waals surface area contributed by atoms with Crippen molar-refractivity contribution in [3.8, 4) is 0 Å². The molecule has 1 aromatic rings. The Bertz CT molecular complexity index is 321. The fourth-order valence-electron chi connectivity index (χ4n) is 1.36. The lowest BCUT2D eigenvalue weighted by molar-refractivity contribution is 0.745. The molecule has 0 heterocycles. The molecule has 0 aliphatic carbocycles. The fourth-order valence-corrected chi connectivity index (χ4v) is 1.36. The number of aliphatic imine (C=N–C) groups is 1. The van der Waals surface area contributed by atoms with Gasteiger partial charge in [0.05, 0.1) is 5.69 Å². The summed E-state index contributed by atoms with van der Waals surface area (Å²) in [4.78, 5) is 3.95. The van der Waals surface area contributed by atoms with Gasteiger partial charge >= 0.3 is 0 Å². The van der Waals surface area contributed by atoms with Crippen molar-refractivity contribution in [3.05, 3.63) is 29.8 Å². The van der Waals surface area contributed by atoms with Crippen LogP contribution in [0, 0.1) is 0 Å². The fraction of sp³-hybridized carbons (Fsp3) is 0.364. The van der Waals surface area contributed by atoms with E-state index in [-0.39, 0.29) is 30.8 Å². The Morgan fingerprint density at radius 3 is 2.06 bits per heavy atom. The van der Waals surface area contributed by atoms with Gasteiger partial charge in [0.15, 0.2) is 5.96 Å². The van der Waals surface area contributed by atoms with E-state index in [1.165, 1.54) is 5.56 Å². The molecule has 1 rings (SSSR count). The number of nitrogens with two attached hydrogens (primary N) is 3. The summed E-state index contributed by atoms with van der Waals surface area (Å²) in [5.74, 6) is 0.0888. The molecule has 0 amide bonds. The summed E-state index contributed by atoms with van der Waals surface area (Å²) in [6, 6.07) is 7.91. The van der Waals surface area contributed by atoms with E-state index in [0.717, 1.165) is 31.5 Å². The zero-order valence-electron chi connectivity index (χ0n) is 9.63. The van der Waals surface area contributed by atoms with Gasteiger partial charge < -0.3 is 17.2 Å². The predicted octanol–water partition coefficient (Wildman–Crippen LogP) is 1.72. The summed E-state index contributed by atoms with van der Waals surface area (Å²) in [5.41, 5.74) is 18.1. The summed E-state index contributed by atoms with van der Waals surface area (Å²) in [5, 5.41) is 0. The van der Waals surface area contributed by atoms with E-state index in [2.05, 4.69) is 4.99 Å². The first-order chi connectivity index (χ1) is 7.22. The van der Waals surface area contributed by atoms with Gasteiger partial charge in [0.25, 0.3) is 0 Å². The van der Waals surface area contributed by atoms with E-state index >= 15 is 0 Å². The number of benzene rings is 1. The maximum Gasteiger partial charge on any atom is 0.191 e. The van der Waals surface area contributed by atoms with Crippen molar-refractivity contribution in [1.29, 1.82) is 0 Å². The summed E-state index contributed by atoms with van der Waals surface area (Å²) in [7, 11) is 0. The van der Waals surface area contributed by atoms with E-state index in [1.807, 2.05) is 24.3 Å². The molecular weight excluding hydrogens is 259 g/mol. The number of guanidine groups is 1. The minimum Gasteiger partial charge on any atom is -0.370 e. The lowest BCUT2D eigenvalue weighted by atomic mass is 10.1. The standard InChI is InChI=1S/C11H18N4.2ClH/c12-8-2-1-3-9-4-6-10(7-5-9)15-11(13)14;;/h4-7H,1-3,8,12H2,(H4,13,14,15);2*1H. The molecule has 4 nitrogen and oxygen atoms in total. The van der Waals surface area contributed by atoms with E-state index in [4.69, 9.17) is 17.2 Å². The molecular formula is C11H20Cl2N4. The molecule has 0 spiro atoms. The molecule has 0 aromatic heterocycles. The molecule has 0 saturated carbocycles. The molecule has 6 N–H and O–H groups in total. The van der Waals surface area contributed by atoms with Gasteiger partial charge in [-0.05, 0) is 43.5 Å². The summed E-state index contributed by atoms with van der Waals surface area (Å²) in [6.07, 6.45) is 3.24. The van der Waals surface area contributed by atoms with Gasteiger partial charge in [-0.3, -0.25) is 0 Å². The molecule has 0 aliphatic rings. The first-order valence-corrected chi connectivity index (χ1v) is 5.11. The summed E-state index contributed by atoms with van der Waals surface area (Å²) < 4.78 is 0. The van der Waals surface area contributed by atoms with E-state index in [1.54, 1.807) is 0 Å². The number of hydrogen-bond acceptors (Lipinski definition) is 2. The highest BCUT2D eigenvalue weighted by Crippen LogP contribution is 2.13. The predicted molar refractivity (Wildman–Crippen MR) is 78.4 cm³/mol. The Kier molecular flexibility index (Phi) is 11.0. The third-order valence-corrected chi connectivity index (χ3v) is 2.11. The maximum atomic E-state index is 5.43. The van der Waals surface area contributed by atoms with Crippen LogP contribution in [0.25, 0.3) is 0 Å². The maximum absolute atomic E-state index is 5.43. The first kappa shape index (κ1) is 18.4. The number of nitrogens with zero attached hydrogens (tertiary/aromatic N) is 1. The molecule has 1 aromatic carbocycles. The van der Waals surface area contributed by atoms with Crippen LogP contribution in [0.4, 0.5) is 5.69 Å². The molecule has 0 saturated heterocycles. The minimum atomic E-state index is 0. The highest BCUT2D eigenvalue weighted by atomic mass is 35.5. The van der Waals surface area contributed by atoms with Crippen molar-refractivity contribution in [2.24, 2.45) is 22.2 Å². The second-order valence-corrected chi connectivity index (χ2v) is 3.45. The van der Waals surface area contributed by atoms with E-state index in [9.17, 15) is 0 Å². The van der Waals surface area contributed by atoms with Gasteiger partial charge in [-0.1, -0.05) is 12.1 Å². The molecule has 0 aliphatic heterocycles. The second kappa shape index (κ2) is 10.2. The quantitative estimate of drug-likeness (QED) is 0.435. The second-order valence-electron chi connectivity index (χ2n) is 3.45. The van der Waals surface area contributed by atoms with Crippen LogP contribution in [0.2, 0.25) is 0 Å². The van der Waals surface area contributed by atoms with Crippen LogP contribution in [0.3, 0.4) is 0 Å². The number of halogens is 2. The van der Waals surface area contributed by atoms with Gasteiger partial charge in [0.2, 0.25) is 0 Å². The lowest BCUT2D eigenvalue weighted by Gasteiger charge is -2.01. The molecule has 0 bridgehead atoms. The van der Waals surface area contributed by atoms with Crippen LogP contribution in [0.1, 0.15) is 18.4 Å². The molecule has 17 heavy (non-hydrogen) atoms. The highest BCUT2D eigenvalue weighted by Gasteiger charge is 1.94. The topological polar surface area (TPSA) is 90.4 Å². The summed E-state index contributed by atoms with van der Waals surface area (Å²) >= 11 is 0. The van der Waals surface area contributed by atoms with Crippen LogP contribution >= 0.6 is 24.8 Å². The molecule has 0 fully saturated rings. The number of aryl methyl sites for hydroxylation is 1. The van der Waals surface area contributed by atoms with Crippen LogP contribution < -0.4 is 17.2 Å². The van der Waals surface area contributed by atoms with E-state index < -0.39 is 0 Å². The van der Waals surface area contributed by atoms with Crippen molar-refractivity contribution < 1.29 is 0 Å². The SMILES string of the molecule is Cl.Cl.NCCCCc1ccc(N=C(N)N)cc1. The Morgan fingerprint density at radius 1 is 1.00 bits per heavy atom. The highest BCUT2D eigenvalue weighted by molar-refractivity contribution is 5.85. The molecule has 0 unspecified atom stereocenters. The molecule has 0 atom stereocenters. The summed E-state index contributed by atoms with van der Waals surface area (Å²) in [6.45, 7) is 0.756. The Balaban J connectivity index is 0. The molecule has 0 radical (unpaired) electrons. The Hall–Kier alpha value is -0.970. The van der Waals surface area contributed by atoms with Gasteiger partial charge in [0.1, 0.15) is 0 Å². The largest absolute Gasteiger partial charge is 0.370 e. The molecule has 6 heteroatoms. The van der Waals surface area contributed by atoms with Crippen molar-refractivity contribution in [2.45, 2.75) is 19.3 Å². The lowest BCUT2D eigenvalue weighted by Crippen LogP contribution is -2.21. The van der Waals surface area contributed by atoms with Crippen molar-refractivity contribution >= 4 is 36.5 Å². The van der Waals surface area contributed by atoms with Gasteiger partial charge in [-0.25, -0.2) is 4.99 Å². The average Bonchev–Trinajstić information content (AvgIpc) is 2.20. The number of rotatable bonds is 5. The van der Waals surface area contributed by atoms with Crippen molar-refractivity contribution in [2.75, 3.05) is 6.54 Å². The zero-order chi connectivity index (χ0) is 11.1.